The second-order valence-corrected chi connectivity index (χ2v) is 3.87. The number of rotatable bonds is 3. The first-order chi connectivity index (χ1) is 6.02. The van der Waals surface area contributed by atoms with Crippen LogP contribution in [0.5, 0.6) is 0 Å². The van der Waals surface area contributed by atoms with Crippen molar-refractivity contribution in [1.82, 2.24) is 0 Å². The molecule has 2 nitrogen and oxygen atoms in total. The Bertz CT molecular complexity index is 302. The Hall–Kier alpha value is -0.760. The number of Topliss-reactive ketones (excluding diaryl/α,β-unsaturated/α-hetero) is 1. The first-order valence-corrected chi connectivity index (χ1v) is 4.69. The molecule has 0 spiro atoms. The van der Waals surface area contributed by atoms with Crippen molar-refractivity contribution in [2.45, 2.75) is 20.8 Å². The maximum Gasteiger partial charge on any atom is 0.201 e. The molecule has 0 saturated heterocycles. The van der Waals surface area contributed by atoms with Gasteiger partial charge in [0.2, 0.25) is 5.78 Å². The molecular weight excluding hydrogens is 188 g/mol. The molecule has 0 amide bonds. The first kappa shape index (κ1) is 10.3. The zero-order chi connectivity index (χ0) is 10.0. The molecule has 1 aromatic rings. The van der Waals surface area contributed by atoms with Crippen molar-refractivity contribution in [2.75, 3.05) is 0 Å². The second kappa shape index (κ2) is 3.97. The molecule has 1 aromatic heterocycles. The number of carbonyl (C=O) groups is 1. The van der Waals surface area contributed by atoms with Crippen molar-refractivity contribution in [2.24, 2.45) is 11.8 Å². The minimum Gasteiger partial charge on any atom is -0.442 e. The third-order valence-corrected chi connectivity index (χ3v) is 2.43. The van der Waals surface area contributed by atoms with E-state index in [0.717, 1.165) is 0 Å². The highest BCUT2D eigenvalue weighted by Gasteiger charge is 2.21. The second-order valence-electron chi connectivity index (χ2n) is 3.50. The quantitative estimate of drug-likeness (QED) is 0.700. The topological polar surface area (TPSA) is 30.2 Å². The van der Waals surface area contributed by atoms with Gasteiger partial charge in [-0.1, -0.05) is 20.8 Å². The zero-order valence-electron chi connectivity index (χ0n) is 8.00. The van der Waals surface area contributed by atoms with Gasteiger partial charge in [-0.2, -0.15) is 0 Å². The minimum absolute atomic E-state index is 0.0156. The highest BCUT2D eigenvalue weighted by Crippen LogP contribution is 2.20. The lowest BCUT2D eigenvalue weighted by atomic mass is 9.92. The van der Waals surface area contributed by atoms with E-state index < -0.39 is 0 Å². The molecule has 0 aliphatic carbocycles. The summed E-state index contributed by atoms with van der Waals surface area (Å²) in [5, 5.41) is 0.263. The molecule has 3 heteroatoms. The van der Waals surface area contributed by atoms with E-state index in [0.29, 0.717) is 11.7 Å². The standard InChI is InChI=1S/C10H13ClO2/c1-6(2)7(3)10(12)8-4-5-9(11)13-8/h4-7H,1-3H3. The highest BCUT2D eigenvalue weighted by molar-refractivity contribution is 6.29. The van der Waals surface area contributed by atoms with E-state index in [1.54, 1.807) is 12.1 Å². The van der Waals surface area contributed by atoms with Crippen molar-refractivity contribution in [3.63, 3.8) is 0 Å². The van der Waals surface area contributed by atoms with Gasteiger partial charge in [-0.3, -0.25) is 4.79 Å². The minimum atomic E-state index is -0.0257. The number of furan rings is 1. The van der Waals surface area contributed by atoms with Crippen LogP contribution >= 0.6 is 11.6 Å². The average Bonchev–Trinajstić information content (AvgIpc) is 2.49. The lowest BCUT2D eigenvalue weighted by molar-refractivity contribution is 0.0871. The van der Waals surface area contributed by atoms with E-state index in [-0.39, 0.29) is 16.9 Å². The number of hydrogen-bond acceptors (Lipinski definition) is 2. The fourth-order valence-electron chi connectivity index (χ4n) is 0.974. The molecule has 0 aromatic carbocycles. The van der Waals surface area contributed by atoms with E-state index in [1.165, 1.54) is 0 Å². The van der Waals surface area contributed by atoms with Crippen LogP contribution in [0.1, 0.15) is 31.3 Å². The molecule has 0 bridgehead atoms. The summed E-state index contributed by atoms with van der Waals surface area (Å²) in [6, 6.07) is 3.20. The van der Waals surface area contributed by atoms with Crippen LogP contribution in [0, 0.1) is 11.8 Å². The normalized spacial score (nSPS) is 13.3. The van der Waals surface area contributed by atoms with Crippen LogP contribution in [0.2, 0.25) is 5.22 Å². The lowest BCUT2D eigenvalue weighted by Gasteiger charge is -2.11. The van der Waals surface area contributed by atoms with E-state index in [4.69, 9.17) is 16.0 Å². The Morgan fingerprint density at radius 2 is 2.00 bits per heavy atom. The van der Waals surface area contributed by atoms with E-state index in [9.17, 15) is 4.79 Å². The van der Waals surface area contributed by atoms with Crippen molar-refractivity contribution in [3.8, 4) is 0 Å². The number of halogens is 1. The number of ketones is 1. The van der Waals surface area contributed by atoms with Crippen molar-refractivity contribution in [3.05, 3.63) is 23.1 Å². The Morgan fingerprint density at radius 1 is 1.38 bits per heavy atom. The molecule has 0 saturated carbocycles. The molecule has 72 valence electrons. The summed E-state index contributed by atoms with van der Waals surface area (Å²) >= 11 is 5.57. The summed E-state index contributed by atoms with van der Waals surface area (Å²) < 4.78 is 5.03. The fraction of sp³-hybridized carbons (Fsp3) is 0.500. The maximum absolute atomic E-state index is 11.6. The number of hydrogen-bond donors (Lipinski definition) is 0. The van der Waals surface area contributed by atoms with Gasteiger partial charge in [0.15, 0.2) is 11.0 Å². The Balaban J connectivity index is 2.79. The summed E-state index contributed by atoms with van der Waals surface area (Å²) in [6.45, 7) is 5.91. The van der Waals surface area contributed by atoms with Crippen LogP contribution in [-0.4, -0.2) is 5.78 Å². The molecule has 1 heterocycles. The van der Waals surface area contributed by atoms with Crippen LogP contribution in [0.25, 0.3) is 0 Å². The Kier molecular flexibility index (Phi) is 3.15. The van der Waals surface area contributed by atoms with Gasteiger partial charge in [-0.25, -0.2) is 0 Å². The molecule has 0 aliphatic heterocycles. The van der Waals surface area contributed by atoms with Gasteiger partial charge in [-0.05, 0) is 29.7 Å². The van der Waals surface area contributed by atoms with E-state index in [2.05, 4.69) is 0 Å². The molecule has 1 atom stereocenters. The highest BCUT2D eigenvalue weighted by atomic mass is 35.5. The van der Waals surface area contributed by atoms with E-state index >= 15 is 0 Å². The summed E-state index contributed by atoms with van der Waals surface area (Å²) in [7, 11) is 0. The summed E-state index contributed by atoms with van der Waals surface area (Å²) in [5.74, 6) is 0.659. The molecule has 0 radical (unpaired) electrons. The zero-order valence-corrected chi connectivity index (χ0v) is 8.76. The molecule has 0 N–H and O–H groups in total. The molecule has 0 aliphatic rings. The monoisotopic (exact) mass is 200 g/mol. The summed E-state index contributed by atoms with van der Waals surface area (Å²) in [5.41, 5.74) is 0. The molecule has 13 heavy (non-hydrogen) atoms. The SMILES string of the molecule is CC(C)C(C)C(=O)c1ccc(Cl)o1. The van der Waals surface area contributed by atoms with Gasteiger partial charge in [-0.15, -0.1) is 0 Å². The fourth-order valence-corrected chi connectivity index (χ4v) is 1.12. The molecular formula is C10H13ClO2. The van der Waals surface area contributed by atoms with Crippen LogP contribution in [-0.2, 0) is 0 Å². The first-order valence-electron chi connectivity index (χ1n) is 4.32. The van der Waals surface area contributed by atoms with Crippen LogP contribution in [0.15, 0.2) is 16.5 Å². The van der Waals surface area contributed by atoms with Gasteiger partial charge in [0, 0.05) is 5.92 Å². The van der Waals surface area contributed by atoms with Crippen LogP contribution in [0.4, 0.5) is 0 Å². The third-order valence-electron chi connectivity index (χ3n) is 2.23. The van der Waals surface area contributed by atoms with Gasteiger partial charge < -0.3 is 4.42 Å². The summed E-state index contributed by atoms with van der Waals surface area (Å²) in [4.78, 5) is 11.6. The maximum atomic E-state index is 11.6. The van der Waals surface area contributed by atoms with Crippen molar-refractivity contribution >= 4 is 17.4 Å². The lowest BCUT2D eigenvalue weighted by Crippen LogP contribution is -2.16. The van der Waals surface area contributed by atoms with Crippen LogP contribution in [0.3, 0.4) is 0 Å². The predicted octanol–water partition coefficient (Wildman–Crippen LogP) is 3.41. The smallest absolute Gasteiger partial charge is 0.201 e. The average molecular weight is 201 g/mol. The van der Waals surface area contributed by atoms with Crippen LogP contribution < -0.4 is 0 Å². The Morgan fingerprint density at radius 3 is 2.38 bits per heavy atom. The number of carbonyl (C=O) groups excluding carboxylic acids is 1. The predicted molar refractivity (Wildman–Crippen MR) is 52.1 cm³/mol. The van der Waals surface area contributed by atoms with Gasteiger partial charge in [0.05, 0.1) is 0 Å². The van der Waals surface area contributed by atoms with E-state index in [1.807, 2.05) is 20.8 Å². The van der Waals surface area contributed by atoms with Gasteiger partial charge in [0.1, 0.15) is 0 Å². The van der Waals surface area contributed by atoms with Gasteiger partial charge in [0.25, 0.3) is 0 Å². The van der Waals surface area contributed by atoms with Crippen molar-refractivity contribution in [1.29, 1.82) is 0 Å². The Labute approximate surface area is 82.9 Å². The molecule has 0 fully saturated rings. The van der Waals surface area contributed by atoms with Gasteiger partial charge >= 0.3 is 0 Å². The third kappa shape index (κ3) is 2.34. The largest absolute Gasteiger partial charge is 0.442 e. The molecule has 1 unspecified atom stereocenters. The summed E-state index contributed by atoms with van der Waals surface area (Å²) in [6.07, 6.45) is 0. The van der Waals surface area contributed by atoms with Crippen molar-refractivity contribution < 1.29 is 9.21 Å². The molecule has 1 rings (SSSR count).